The number of hydrogen-bond acceptors (Lipinski definition) is 6. The number of benzene rings is 2. The van der Waals surface area contributed by atoms with Gasteiger partial charge in [-0.25, -0.2) is 0 Å². The Labute approximate surface area is 148 Å². The molecule has 1 aliphatic rings. The van der Waals surface area contributed by atoms with E-state index in [0.29, 0.717) is 11.3 Å². The number of nitro groups is 1. The molecule has 2 aromatic rings. The molecule has 7 nitrogen and oxygen atoms in total. The second kappa shape index (κ2) is 6.79. The number of aliphatic hydroxyl groups is 1. The summed E-state index contributed by atoms with van der Waals surface area (Å²) in [6.07, 6.45) is 0. The van der Waals surface area contributed by atoms with E-state index in [2.05, 4.69) is 0 Å². The van der Waals surface area contributed by atoms with Gasteiger partial charge in [0.25, 0.3) is 0 Å². The molecule has 0 fully saturated rings. The van der Waals surface area contributed by atoms with E-state index in [0.717, 1.165) is 0 Å². The monoisotopic (exact) mass is 353 g/mol. The van der Waals surface area contributed by atoms with Crippen LogP contribution in [0.25, 0.3) is 5.76 Å². The maximum atomic E-state index is 12.7. The Bertz CT molecular complexity index is 947. The van der Waals surface area contributed by atoms with Crippen LogP contribution in [0.1, 0.15) is 27.4 Å². The Morgan fingerprint density at radius 1 is 1.04 bits per heavy atom. The first-order chi connectivity index (χ1) is 12.5. The molecular weight excluding hydrogens is 338 g/mol. The molecule has 2 aromatic carbocycles. The number of carbonyl (C=O) groups excluding carboxylic acids is 2. The molecular formula is C19H15NO6. The van der Waals surface area contributed by atoms with E-state index in [-0.39, 0.29) is 16.7 Å². The molecule has 1 N–H and O–H groups in total. The number of Topliss-reactive ketones (excluding diaryl/α,β-unsaturated/α-hetero) is 2. The Morgan fingerprint density at radius 3 is 2.31 bits per heavy atom. The van der Waals surface area contributed by atoms with Crippen molar-refractivity contribution in [3.8, 4) is 5.75 Å². The zero-order chi connectivity index (χ0) is 18.8. The third kappa shape index (κ3) is 2.83. The second-order valence-corrected chi connectivity index (χ2v) is 5.78. The number of methoxy groups -OCH3 is 1. The Balaban J connectivity index is 2.25. The molecule has 0 amide bonds. The van der Waals surface area contributed by atoms with Crippen molar-refractivity contribution >= 4 is 17.3 Å². The predicted molar refractivity (Wildman–Crippen MR) is 92.9 cm³/mol. The topological polar surface area (TPSA) is 107 Å². The zero-order valence-electron chi connectivity index (χ0n) is 13.8. The van der Waals surface area contributed by atoms with Gasteiger partial charge in [-0.15, -0.1) is 0 Å². The standard InChI is InChI=1S/C19H15NO6/c1-26-15-9-5-4-6-11(15)14(10-20(24)25)16-17(21)12-7-2-3-8-13(12)18(22)19(16)23/h2-9,14,21H,10H2,1H3/t14-/m0/s1. The van der Waals surface area contributed by atoms with E-state index in [1.165, 1.54) is 19.2 Å². The van der Waals surface area contributed by atoms with Crippen LogP contribution in [0, 0.1) is 10.1 Å². The molecule has 3 rings (SSSR count). The minimum absolute atomic E-state index is 0.0821. The fourth-order valence-corrected chi connectivity index (χ4v) is 3.16. The number of ether oxygens (including phenoxy) is 1. The zero-order valence-corrected chi connectivity index (χ0v) is 13.8. The largest absolute Gasteiger partial charge is 0.507 e. The summed E-state index contributed by atoms with van der Waals surface area (Å²) in [6.45, 7) is -0.666. The summed E-state index contributed by atoms with van der Waals surface area (Å²) < 4.78 is 5.24. The first-order valence-electron chi connectivity index (χ1n) is 7.82. The van der Waals surface area contributed by atoms with Crippen molar-refractivity contribution in [2.45, 2.75) is 5.92 Å². The number of ketones is 2. The molecule has 26 heavy (non-hydrogen) atoms. The van der Waals surface area contributed by atoms with Gasteiger partial charge in [-0.05, 0) is 6.07 Å². The third-order valence-electron chi connectivity index (χ3n) is 4.33. The molecule has 0 bridgehead atoms. The quantitative estimate of drug-likeness (QED) is 0.503. The summed E-state index contributed by atoms with van der Waals surface area (Å²) in [5, 5.41) is 21.9. The summed E-state index contributed by atoms with van der Waals surface area (Å²) in [5.41, 5.74) is 0.345. The van der Waals surface area contributed by atoms with Crippen LogP contribution in [0.5, 0.6) is 5.75 Å². The smallest absolute Gasteiger partial charge is 0.234 e. The van der Waals surface area contributed by atoms with Gasteiger partial charge in [0.15, 0.2) is 0 Å². The highest BCUT2D eigenvalue weighted by molar-refractivity contribution is 6.52. The van der Waals surface area contributed by atoms with Crippen LogP contribution in [0.15, 0.2) is 54.1 Å². The first-order valence-corrected chi connectivity index (χ1v) is 7.82. The Morgan fingerprint density at radius 2 is 1.65 bits per heavy atom. The average Bonchev–Trinajstić information content (AvgIpc) is 2.65. The molecule has 0 spiro atoms. The van der Waals surface area contributed by atoms with Crippen LogP contribution in [-0.4, -0.2) is 35.3 Å². The van der Waals surface area contributed by atoms with E-state index < -0.39 is 34.7 Å². The summed E-state index contributed by atoms with van der Waals surface area (Å²) in [6, 6.07) is 12.6. The molecule has 0 saturated carbocycles. The number of hydrogen-bond donors (Lipinski definition) is 1. The molecule has 0 aromatic heterocycles. The van der Waals surface area contributed by atoms with Crippen molar-refractivity contribution in [3.63, 3.8) is 0 Å². The fraction of sp³-hybridized carbons (Fsp3) is 0.158. The van der Waals surface area contributed by atoms with Crippen molar-refractivity contribution in [1.29, 1.82) is 0 Å². The predicted octanol–water partition coefficient (Wildman–Crippen LogP) is 2.79. The SMILES string of the molecule is COc1ccccc1[C@H](C[N+](=O)[O-])C1=C(O)c2ccccc2C(=O)C1=O. The van der Waals surface area contributed by atoms with Crippen molar-refractivity contribution in [3.05, 3.63) is 80.9 Å². The fourth-order valence-electron chi connectivity index (χ4n) is 3.16. The van der Waals surface area contributed by atoms with Crippen molar-refractivity contribution in [2.24, 2.45) is 0 Å². The Kier molecular flexibility index (Phi) is 4.53. The molecule has 7 heteroatoms. The highest BCUT2D eigenvalue weighted by Gasteiger charge is 2.40. The lowest BCUT2D eigenvalue weighted by atomic mass is 9.79. The third-order valence-corrected chi connectivity index (χ3v) is 4.33. The van der Waals surface area contributed by atoms with Crippen LogP contribution < -0.4 is 4.74 Å². The lowest BCUT2D eigenvalue weighted by Gasteiger charge is -2.23. The summed E-state index contributed by atoms with van der Waals surface area (Å²) >= 11 is 0. The van der Waals surface area contributed by atoms with Crippen LogP contribution in [0.3, 0.4) is 0 Å². The molecule has 0 saturated heterocycles. The van der Waals surface area contributed by atoms with E-state index in [1.807, 2.05) is 0 Å². The molecule has 132 valence electrons. The molecule has 1 atom stereocenters. The number of carbonyl (C=O) groups is 2. The van der Waals surface area contributed by atoms with E-state index in [4.69, 9.17) is 4.74 Å². The van der Waals surface area contributed by atoms with Gasteiger partial charge in [0.05, 0.1) is 18.6 Å². The van der Waals surface area contributed by atoms with Gasteiger partial charge in [-0.3, -0.25) is 19.7 Å². The van der Waals surface area contributed by atoms with Crippen LogP contribution in [0.2, 0.25) is 0 Å². The first kappa shape index (κ1) is 17.3. The van der Waals surface area contributed by atoms with Gasteiger partial charge in [0, 0.05) is 21.6 Å². The maximum absolute atomic E-state index is 12.7. The van der Waals surface area contributed by atoms with Gasteiger partial charge in [-0.1, -0.05) is 42.5 Å². The van der Waals surface area contributed by atoms with E-state index in [9.17, 15) is 24.8 Å². The van der Waals surface area contributed by atoms with Crippen LogP contribution in [0.4, 0.5) is 0 Å². The van der Waals surface area contributed by atoms with Crippen molar-refractivity contribution in [2.75, 3.05) is 13.7 Å². The van der Waals surface area contributed by atoms with Gasteiger partial charge < -0.3 is 9.84 Å². The van der Waals surface area contributed by atoms with Crippen molar-refractivity contribution in [1.82, 2.24) is 0 Å². The summed E-state index contributed by atoms with van der Waals surface area (Å²) in [4.78, 5) is 35.8. The minimum atomic E-state index is -1.12. The van der Waals surface area contributed by atoms with Gasteiger partial charge in [0.2, 0.25) is 18.1 Å². The Hall–Kier alpha value is -3.48. The lowest BCUT2D eigenvalue weighted by Crippen LogP contribution is -2.30. The average molecular weight is 353 g/mol. The molecule has 0 aliphatic heterocycles. The highest BCUT2D eigenvalue weighted by atomic mass is 16.6. The normalized spacial score (nSPS) is 14.8. The number of para-hydroxylation sites is 1. The molecule has 0 heterocycles. The van der Waals surface area contributed by atoms with Gasteiger partial charge in [-0.2, -0.15) is 0 Å². The minimum Gasteiger partial charge on any atom is -0.507 e. The number of aliphatic hydroxyl groups excluding tert-OH is 1. The maximum Gasteiger partial charge on any atom is 0.234 e. The van der Waals surface area contributed by atoms with Crippen LogP contribution in [-0.2, 0) is 4.79 Å². The number of nitrogens with zero attached hydrogens (tertiary/aromatic N) is 1. The second-order valence-electron chi connectivity index (χ2n) is 5.78. The van der Waals surface area contributed by atoms with Gasteiger partial charge in [0.1, 0.15) is 11.5 Å². The number of rotatable bonds is 5. The highest BCUT2D eigenvalue weighted by Crippen LogP contribution is 2.39. The van der Waals surface area contributed by atoms with Gasteiger partial charge >= 0.3 is 0 Å². The number of fused-ring (bicyclic) bond motifs is 1. The summed E-state index contributed by atoms with van der Waals surface area (Å²) in [7, 11) is 1.40. The lowest BCUT2D eigenvalue weighted by molar-refractivity contribution is -0.481. The van der Waals surface area contributed by atoms with E-state index in [1.54, 1.807) is 36.4 Å². The molecule has 1 aliphatic carbocycles. The molecule has 0 radical (unpaired) electrons. The molecule has 0 unspecified atom stereocenters. The van der Waals surface area contributed by atoms with Crippen LogP contribution >= 0.6 is 0 Å². The summed E-state index contributed by atoms with van der Waals surface area (Å²) in [5.74, 6) is -2.94. The van der Waals surface area contributed by atoms with E-state index >= 15 is 0 Å². The van der Waals surface area contributed by atoms with Crippen molar-refractivity contribution < 1.29 is 24.4 Å².